The maximum absolute atomic E-state index is 12.3. The Balaban J connectivity index is 1.71. The van der Waals surface area contributed by atoms with Crippen LogP contribution in [-0.4, -0.2) is 33.7 Å². The van der Waals surface area contributed by atoms with E-state index in [1.54, 1.807) is 12.4 Å². The van der Waals surface area contributed by atoms with Crippen LogP contribution in [0.4, 0.5) is 0 Å². The third-order valence-electron chi connectivity index (χ3n) is 4.71. The molecule has 3 rings (SSSR count). The van der Waals surface area contributed by atoms with Gasteiger partial charge in [-0.2, -0.15) is 0 Å². The van der Waals surface area contributed by atoms with Crippen molar-refractivity contribution in [2.45, 2.75) is 44.8 Å². The molecule has 0 spiro atoms. The first-order valence-electron chi connectivity index (χ1n) is 9.75. The van der Waals surface area contributed by atoms with E-state index in [1.807, 2.05) is 54.2 Å². The van der Waals surface area contributed by atoms with Crippen molar-refractivity contribution in [1.82, 2.24) is 9.55 Å². The number of aryl methyl sites for hydroxylation is 1. The fourth-order valence-electron chi connectivity index (χ4n) is 3.40. The monoisotopic (exact) mass is 394 g/mol. The van der Waals surface area contributed by atoms with Crippen LogP contribution < -0.4 is 0 Å². The lowest BCUT2D eigenvalue weighted by Crippen LogP contribution is -2.23. The van der Waals surface area contributed by atoms with Gasteiger partial charge in [0.25, 0.3) is 0 Å². The maximum atomic E-state index is 12.3. The number of hydrogen-bond acceptors (Lipinski definition) is 5. The quantitative estimate of drug-likeness (QED) is 0.452. The predicted octanol–water partition coefficient (Wildman–Crippen LogP) is 3.41. The highest BCUT2D eigenvalue weighted by molar-refractivity contribution is 5.86. The number of rotatable bonds is 4. The lowest BCUT2D eigenvalue weighted by molar-refractivity contribution is -0.146. The van der Waals surface area contributed by atoms with Crippen LogP contribution in [0.3, 0.4) is 0 Å². The molecule has 1 aliphatic rings. The SMILES string of the molecule is CC(=O)OC1C/C=C\CC(OC(=O)/C=C/c2cn(C)cn2)Cc2ccccc2C1. The highest BCUT2D eigenvalue weighted by Crippen LogP contribution is 2.21. The third-order valence-corrected chi connectivity index (χ3v) is 4.71. The summed E-state index contributed by atoms with van der Waals surface area (Å²) in [4.78, 5) is 27.9. The number of esters is 2. The summed E-state index contributed by atoms with van der Waals surface area (Å²) in [6, 6.07) is 8.02. The first kappa shape index (κ1) is 20.6. The molecule has 0 fully saturated rings. The molecule has 1 aliphatic carbocycles. The number of carbonyl (C=O) groups excluding carboxylic acids is 2. The average Bonchev–Trinajstić information content (AvgIpc) is 3.09. The van der Waals surface area contributed by atoms with E-state index in [1.165, 1.54) is 13.0 Å². The van der Waals surface area contributed by atoms with Crippen LogP contribution in [0.25, 0.3) is 6.08 Å². The molecular formula is C23H26N2O4. The van der Waals surface area contributed by atoms with Crippen molar-refractivity contribution in [1.29, 1.82) is 0 Å². The molecule has 0 saturated carbocycles. The number of ether oxygens (including phenoxy) is 2. The molecular weight excluding hydrogens is 368 g/mol. The third kappa shape index (κ3) is 6.45. The molecule has 0 amide bonds. The Morgan fingerprint density at radius 3 is 2.24 bits per heavy atom. The second-order valence-corrected chi connectivity index (χ2v) is 7.21. The van der Waals surface area contributed by atoms with Crippen LogP contribution in [-0.2, 0) is 39.0 Å². The topological polar surface area (TPSA) is 70.4 Å². The Bertz CT molecular complexity index is 913. The maximum Gasteiger partial charge on any atom is 0.331 e. The van der Waals surface area contributed by atoms with E-state index in [2.05, 4.69) is 4.98 Å². The van der Waals surface area contributed by atoms with E-state index in [9.17, 15) is 9.59 Å². The average molecular weight is 394 g/mol. The molecule has 2 aromatic rings. The van der Waals surface area contributed by atoms with Gasteiger partial charge in [-0.25, -0.2) is 9.78 Å². The first-order chi connectivity index (χ1) is 14.0. The Kier molecular flexibility index (Phi) is 7.00. The summed E-state index contributed by atoms with van der Waals surface area (Å²) in [6.07, 6.45) is 12.6. The second-order valence-electron chi connectivity index (χ2n) is 7.21. The van der Waals surface area contributed by atoms with Gasteiger partial charge in [-0.1, -0.05) is 36.4 Å². The van der Waals surface area contributed by atoms with E-state index < -0.39 is 0 Å². The summed E-state index contributed by atoms with van der Waals surface area (Å²) in [6.45, 7) is 1.43. The molecule has 1 aromatic carbocycles. The van der Waals surface area contributed by atoms with Gasteiger partial charge in [0.05, 0.1) is 12.0 Å². The van der Waals surface area contributed by atoms with E-state index in [4.69, 9.17) is 9.47 Å². The summed E-state index contributed by atoms with van der Waals surface area (Å²) in [7, 11) is 1.87. The van der Waals surface area contributed by atoms with Crippen molar-refractivity contribution in [2.75, 3.05) is 0 Å². The second kappa shape index (κ2) is 9.87. The van der Waals surface area contributed by atoms with Gasteiger partial charge in [0.1, 0.15) is 12.2 Å². The van der Waals surface area contributed by atoms with Crippen LogP contribution in [0.1, 0.15) is 36.6 Å². The smallest absolute Gasteiger partial charge is 0.331 e. The fourth-order valence-corrected chi connectivity index (χ4v) is 3.40. The Hall–Kier alpha value is -3.15. The molecule has 1 heterocycles. The minimum Gasteiger partial charge on any atom is -0.462 e. The molecule has 0 N–H and O–H groups in total. The zero-order valence-corrected chi connectivity index (χ0v) is 16.8. The summed E-state index contributed by atoms with van der Waals surface area (Å²) in [5.41, 5.74) is 2.92. The summed E-state index contributed by atoms with van der Waals surface area (Å²) in [5, 5.41) is 0. The van der Waals surface area contributed by atoms with E-state index in [-0.39, 0.29) is 24.1 Å². The number of hydrogen-bond donors (Lipinski definition) is 0. The summed E-state index contributed by atoms with van der Waals surface area (Å²) < 4.78 is 13.0. The molecule has 1 aromatic heterocycles. The van der Waals surface area contributed by atoms with Crippen LogP contribution in [0.15, 0.2) is 55.0 Å². The molecule has 29 heavy (non-hydrogen) atoms. The van der Waals surface area contributed by atoms with Gasteiger partial charge in [0.2, 0.25) is 0 Å². The molecule has 2 atom stereocenters. The van der Waals surface area contributed by atoms with Crippen LogP contribution >= 0.6 is 0 Å². The minimum atomic E-state index is -0.388. The molecule has 2 unspecified atom stereocenters. The highest BCUT2D eigenvalue weighted by Gasteiger charge is 2.19. The van der Waals surface area contributed by atoms with Gasteiger partial charge < -0.3 is 14.0 Å². The van der Waals surface area contributed by atoms with Crippen molar-refractivity contribution in [3.05, 3.63) is 71.8 Å². The lowest BCUT2D eigenvalue weighted by atomic mass is 9.94. The van der Waals surface area contributed by atoms with Crippen LogP contribution in [0.2, 0.25) is 0 Å². The number of benzene rings is 1. The largest absolute Gasteiger partial charge is 0.462 e. The van der Waals surface area contributed by atoms with Crippen molar-refractivity contribution in [2.24, 2.45) is 7.05 Å². The van der Waals surface area contributed by atoms with Gasteiger partial charge in [0, 0.05) is 51.9 Å². The Labute approximate surface area is 170 Å². The van der Waals surface area contributed by atoms with Crippen molar-refractivity contribution in [3.8, 4) is 0 Å². The summed E-state index contributed by atoms with van der Waals surface area (Å²) >= 11 is 0. The molecule has 6 heteroatoms. The van der Waals surface area contributed by atoms with Gasteiger partial charge in [0.15, 0.2) is 0 Å². The zero-order chi connectivity index (χ0) is 20.6. The van der Waals surface area contributed by atoms with Gasteiger partial charge in [-0.15, -0.1) is 0 Å². The standard InChI is InChI=1S/C23H26N2O4/c1-17(26)28-21-9-5-6-10-22(14-19-8-4-3-7-18(19)13-21)29-23(27)12-11-20-15-25(2)16-24-20/h3-8,11-12,15-16,21-22H,9-10,13-14H2,1-2H3/b6-5-,12-11+. The molecule has 0 bridgehead atoms. The summed E-state index contributed by atoms with van der Waals surface area (Å²) in [5.74, 6) is -0.661. The van der Waals surface area contributed by atoms with E-state index in [0.29, 0.717) is 31.4 Å². The Morgan fingerprint density at radius 2 is 1.69 bits per heavy atom. The number of nitrogens with zero attached hydrogens (tertiary/aromatic N) is 2. The lowest BCUT2D eigenvalue weighted by Gasteiger charge is -2.22. The van der Waals surface area contributed by atoms with Crippen molar-refractivity contribution >= 4 is 18.0 Å². The van der Waals surface area contributed by atoms with Gasteiger partial charge in [-0.3, -0.25) is 4.79 Å². The molecule has 0 radical (unpaired) electrons. The van der Waals surface area contributed by atoms with Crippen molar-refractivity contribution < 1.29 is 19.1 Å². The highest BCUT2D eigenvalue weighted by atomic mass is 16.5. The molecule has 6 nitrogen and oxygen atoms in total. The van der Waals surface area contributed by atoms with Crippen LogP contribution in [0, 0.1) is 0 Å². The van der Waals surface area contributed by atoms with E-state index >= 15 is 0 Å². The van der Waals surface area contributed by atoms with Gasteiger partial charge in [-0.05, 0) is 17.2 Å². The zero-order valence-electron chi connectivity index (χ0n) is 16.8. The minimum absolute atomic E-state index is 0.190. The normalized spacial score (nSPS) is 20.6. The number of imidazole rings is 1. The van der Waals surface area contributed by atoms with E-state index in [0.717, 1.165) is 11.1 Å². The van der Waals surface area contributed by atoms with Crippen molar-refractivity contribution in [3.63, 3.8) is 0 Å². The predicted molar refractivity (Wildman–Crippen MR) is 110 cm³/mol. The molecule has 152 valence electrons. The molecule has 0 aliphatic heterocycles. The van der Waals surface area contributed by atoms with Gasteiger partial charge >= 0.3 is 11.9 Å². The molecule has 0 saturated heterocycles. The number of aromatic nitrogens is 2. The fraction of sp³-hybridized carbons (Fsp3) is 0.348. The first-order valence-corrected chi connectivity index (χ1v) is 9.75. The van der Waals surface area contributed by atoms with Crippen LogP contribution in [0.5, 0.6) is 0 Å². The number of carbonyl (C=O) groups is 2. The number of fused-ring (bicyclic) bond motifs is 1. The Morgan fingerprint density at radius 1 is 1.07 bits per heavy atom.